The number of rotatable bonds is 4. The summed E-state index contributed by atoms with van der Waals surface area (Å²) < 4.78 is 0. The molecule has 0 unspecified atom stereocenters. The van der Waals surface area contributed by atoms with Gasteiger partial charge >= 0.3 is 0 Å². The quantitative estimate of drug-likeness (QED) is 0.566. The Morgan fingerprint density at radius 3 is 2.83 bits per heavy atom. The molecule has 1 heterocycles. The number of para-hydroxylation sites is 2. The van der Waals surface area contributed by atoms with Crippen LogP contribution in [0.1, 0.15) is 24.4 Å². The highest BCUT2D eigenvalue weighted by atomic mass is 16.6. The summed E-state index contributed by atoms with van der Waals surface area (Å²) in [5.74, 6) is 0.730. The van der Waals surface area contributed by atoms with E-state index in [1.165, 1.54) is 18.2 Å². The molecule has 0 aliphatic carbocycles. The minimum absolute atomic E-state index is 0.108. The number of aromatic amines is 1. The fourth-order valence-corrected chi connectivity index (χ4v) is 2.34. The van der Waals surface area contributed by atoms with Gasteiger partial charge in [-0.15, -0.1) is 0 Å². The van der Waals surface area contributed by atoms with E-state index in [0.29, 0.717) is 5.69 Å². The molecule has 0 radical (unpaired) electrons. The van der Waals surface area contributed by atoms with Crippen molar-refractivity contribution in [2.24, 2.45) is 0 Å². The van der Waals surface area contributed by atoms with Gasteiger partial charge in [0.05, 0.1) is 33.2 Å². The number of imidazole rings is 1. The number of nitrogens with zero attached hydrogens (tertiary/aromatic N) is 3. The van der Waals surface area contributed by atoms with Crippen LogP contribution in [-0.4, -0.2) is 14.9 Å². The van der Waals surface area contributed by atoms with E-state index in [-0.39, 0.29) is 17.3 Å². The predicted molar refractivity (Wildman–Crippen MR) is 85.9 cm³/mol. The summed E-state index contributed by atoms with van der Waals surface area (Å²) in [6.07, 6.45) is 0. The maximum absolute atomic E-state index is 10.8. The normalized spacial score (nSPS) is 11.8. The summed E-state index contributed by atoms with van der Waals surface area (Å²) in [5, 5.41) is 23.1. The highest BCUT2D eigenvalue weighted by molar-refractivity contribution is 5.75. The molecule has 7 nitrogen and oxygen atoms in total. The molecular formula is C16H13N5O2. The van der Waals surface area contributed by atoms with Crippen molar-refractivity contribution in [2.75, 3.05) is 5.32 Å². The van der Waals surface area contributed by atoms with Gasteiger partial charge < -0.3 is 10.3 Å². The van der Waals surface area contributed by atoms with Crippen LogP contribution in [0.2, 0.25) is 0 Å². The van der Waals surface area contributed by atoms with Crippen molar-refractivity contribution in [3.8, 4) is 6.07 Å². The molecule has 2 N–H and O–H groups in total. The summed E-state index contributed by atoms with van der Waals surface area (Å²) in [7, 11) is 0. The number of anilines is 1. The number of benzene rings is 2. The van der Waals surface area contributed by atoms with Crippen LogP contribution in [0.4, 0.5) is 11.4 Å². The van der Waals surface area contributed by atoms with Crippen LogP contribution in [0.15, 0.2) is 42.5 Å². The highest BCUT2D eigenvalue weighted by Gasteiger charge is 2.15. The Morgan fingerprint density at radius 1 is 1.35 bits per heavy atom. The van der Waals surface area contributed by atoms with Gasteiger partial charge in [0.25, 0.3) is 5.69 Å². The third-order valence-corrected chi connectivity index (χ3v) is 3.52. The predicted octanol–water partition coefficient (Wildman–Crippen LogP) is 3.52. The smallest absolute Gasteiger partial charge is 0.270 e. The topological polar surface area (TPSA) is 108 Å². The Kier molecular flexibility index (Phi) is 3.65. The van der Waals surface area contributed by atoms with Crippen LogP contribution >= 0.6 is 0 Å². The summed E-state index contributed by atoms with van der Waals surface area (Å²) in [6.45, 7) is 1.90. The monoisotopic (exact) mass is 307 g/mol. The van der Waals surface area contributed by atoms with Crippen molar-refractivity contribution < 1.29 is 4.92 Å². The van der Waals surface area contributed by atoms with Crippen molar-refractivity contribution in [2.45, 2.75) is 13.0 Å². The standard InChI is InChI=1S/C16H13N5O2/c1-10(16-19-14-4-2-3-5-15(14)20-16)18-13-7-6-12(21(22)23)8-11(13)9-17/h2-8,10,18H,1H3,(H,19,20)/t10-/m1/s1. The molecule has 0 saturated carbocycles. The Morgan fingerprint density at radius 2 is 2.13 bits per heavy atom. The minimum Gasteiger partial charge on any atom is -0.374 e. The number of nitrogens with one attached hydrogen (secondary N) is 2. The fourth-order valence-electron chi connectivity index (χ4n) is 2.34. The number of hydrogen-bond acceptors (Lipinski definition) is 5. The second kappa shape index (κ2) is 5.77. The van der Waals surface area contributed by atoms with Crippen LogP contribution < -0.4 is 5.32 Å². The summed E-state index contributed by atoms with van der Waals surface area (Å²) in [6, 6.07) is 13.6. The van der Waals surface area contributed by atoms with Gasteiger partial charge in [-0.1, -0.05) is 12.1 Å². The molecule has 114 valence electrons. The number of nitro groups is 1. The molecule has 1 aromatic heterocycles. The van der Waals surface area contributed by atoms with Crippen LogP contribution in [-0.2, 0) is 0 Å². The molecule has 0 aliphatic heterocycles. The molecule has 0 spiro atoms. The van der Waals surface area contributed by atoms with Gasteiger partial charge in [-0.2, -0.15) is 5.26 Å². The van der Waals surface area contributed by atoms with Gasteiger partial charge in [0.15, 0.2) is 0 Å². The number of nitriles is 1. The summed E-state index contributed by atoms with van der Waals surface area (Å²) >= 11 is 0. The third-order valence-electron chi connectivity index (χ3n) is 3.52. The third kappa shape index (κ3) is 2.82. The Bertz CT molecular complexity index is 893. The van der Waals surface area contributed by atoms with Crippen molar-refractivity contribution in [1.29, 1.82) is 5.26 Å². The SMILES string of the molecule is C[C@@H](Nc1ccc([N+](=O)[O-])cc1C#N)c1nc2ccccc2[nH]1. The van der Waals surface area contributed by atoms with E-state index >= 15 is 0 Å². The maximum Gasteiger partial charge on any atom is 0.270 e. The van der Waals surface area contributed by atoms with Gasteiger partial charge in [0.2, 0.25) is 0 Å². The molecule has 0 amide bonds. The van der Waals surface area contributed by atoms with E-state index < -0.39 is 4.92 Å². The zero-order valence-electron chi connectivity index (χ0n) is 12.3. The van der Waals surface area contributed by atoms with Gasteiger partial charge in [-0.05, 0) is 25.1 Å². The zero-order chi connectivity index (χ0) is 16.4. The Hall–Kier alpha value is -3.40. The number of H-pyrrole nitrogens is 1. The first-order valence-corrected chi connectivity index (χ1v) is 6.98. The van der Waals surface area contributed by atoms with E-state index in [2.05, 4.69) is 15.3 Å². The van der Waals surface area contributed by atoms with Crippen molar-refractivity contribution >= 4 is 22.4 Å². The van der Waals surface area contributed by atoms with Crippen molar-refractivity contribution in [3.05, 3.63) is 64.0 Å². The zero-order valence-corrected chi connectivity index (χ0v) is 12.3. The van der Waals surface area contributed by atoms with E-state index in [0.717, 1.165) is 16.9 Å². The van der Waals surface area contributed by atoms with Gasteiger partial charge in [0.1, 0.15) is 11.9 Å². The molecule has 0 aliphatic rings. The lowest BCUT2D eigenvalue weighted by Gasteiger charge is -2.13. The van der Waals surface area contributed by atoms with Gasteiger partial charge in [0, 0.05) is 12.1 Å². The molecule has 0 bridgehead atoms. The van der Waals surface area contributed by atoms with E-state index in [4.69, 9.17) is 0 Å². The van der Waals surface area contributed by atoms with E-state index in [1.54, 1.807) is 0 Å². The van der Waals surface area contributed by atoms with Crippen molar-refractivity contribution in [3.63, 3.8) is 0 Å². The van der Waals surface area contributed by atoms with Crippen molar-refractivity contribution in [1.82, 2.24) is 9.97 Å². The van der Waals surface area contributed by atoms with E-state index in [1.807, 2.05) is 37.3 Å². The number of aromatic nitrogens is 2. The molecule has 1 atom stereocenters. The Labute approximate surface area is 131 Å². The highest BCUT2D eigenvalue weighted by Crippen LogP contribution is 2.25. The number of fused-ring (bicyclic) bond motifs is 1. The van der Waals surface area contributed by atoms with Crippen LogP contribution in [0.5, 0.6) is 0 Å². The largest absolute Gasteiger partial charge is 0.374 e. The fraction of sp³-hybridized carbons (Fsp3) is 0.125. The number of non-ortho nitro benzene ring substituents is 1. The lowest BCUT2D eigenvalue weighted by atomic mass is 10.1. The summed E-state index contributed by atoms with van der Waals surface area (Å²) in [4.78, 5) is 18.0. The van der Waals surface area contributed by atoms with Gasteiger partial charge in [-0.3, -0.25) is 10.1 Å². The average Bonchev–Trinajstić information content (AvgIpc) is 2.99. The molecule has 23 heavy (non-hydrogen) atoms. The Balaban J connectivity index is 1.89. The number of nitro benzene ring substituents is 1. The first-order valence-electron chi connectivity index (χ1n) is 6.98. The first kappa shape index (κ1) is 14.5. The summed E-state index contributed by atoms with van der Waals surface area (Å²) in [5.41, 5.74) is 2.44. The maximum atomic E-state index is 10.8. The molecule has 7 heteroatoms. The van der Waals surface area contributed by atoms with E-state index in [9.17, 15) is 15.4 Å². The molecule has 3 aromatic rings. The van der Waals surface area contributed by atoms with Crippen LogP contribution in [0, 0.1) is 21.4 Å². The lowest BCUT2D eigenvalue weighted by molar-refractivity contribution is -0.384. The molecule has 2 aromatic carbocycles. The minimum atomic E-state index is -0.521. The second-order valence-electron chi connectivity index (χ2n) is 5.10. The molecule has 3 rings (SSSR count). The molecule has 0 saturated heterocycles. The molecular weight excluding hydrogens is 294 g/mol. The lowest BCUT2D eigenvalue weighted by Crippen LogP contribution is -2.09. The number of hydrogen-bond donors (Lipinski definition) is 2. The van der Waals surface area contributed by atoms with Crippen LogP contribution in [0.25, 0.3) is 11.0 Å². The van der Waals surface area contributed by atoms with Gasteiger partial charge in [-0.25, -0.2) is 4.98 Å². The first-order chi connectivity index (χ1) is 11.1. The molecule has 0 fully saturated rings. The average molecular weight is 307 g/mol. The second-order valence-corrected chi connectivity index (χ2v) is 5.10. The van der Waals surface area contributed by atoms with Crippen LogP contribution in [0.3, 0.4) is 0 Å².